The largest absolute Gasteiger partial charge is 0.356 e. The zero-order chi connectivity index (χ0) is 15.9. The van der Waals surface area contributed by atoms with Gasteiger partial charge in [0, 0.05) is 61.9 Å². The molecule has 0 bridgehead atoms. The van der Waals surface area contributed by atoms with Crippen molar-refractivity contribution >= 4 is 11.6 Å². The number of hydrogen-bond acceptors (Lipinski definition) is 5. The Balaban J connectivity index is 1.28. The lowest BCUT2D eigenvalue weighted by Gasteiger charge is -2.26. The van der Waals surface area contributed by atoms with Gasteiger partial charge < -0.3 is 9.80 Å². The molecule has 1 saturated carbocycles. The van der Waals surface area contributed by atoms with E-state index in [1.807, 2.05) is 12.3 Å². The van der Waals surface area contributed by atoms with Crippen LogP contribution in [0.4, 0.5) is 11.6 Å². The van der Waals surface area contributed by atoms with Crippen molar-refractivity contribution in [3.05, 3.63) is 42.5 Å². The smallest absolute Gasteiger partial charge is 0.132 e. The van der Waals surface area contributed by atoms with Crippen molar-refractivity contribution in [2.45, 2.75) is 25.2 Å². The minimum absolute atomic E-state index is 0.675. The maximum Gasteiger partial charge on any atom is 0.132 e. The van der Waals surface area contributed by atoms with E-state index in [-0.39, 0.29) is 0 Å². The van der Waals surface area contributed by atoms with E-state index in [9.17, 15) is 0 Å². The van der Waals surface area contributed by atoms with Crippen LogP contribution < -0.4 is 9.80 Å². The first-order valence-electron chi connectivity index (χ1n) is 9.10. The summed E-state index contributed by atoms with van der Waals surface area (Å²) >= 11 is 0. The molecule has 3 fully saturated rings. The summed E-state index contributed by atoms with van der Waals surface area (Å²) < 4.78 is 0. The second-order valence-electron chi connectivity index (χ2n) is 7.45. The number of anilines is 2. The van der Waals surface area contributed by atoms with Gasteiger partial charge in [-0.2, -0.15) is 0 Å². The van der Waals surface area contributed by atoms with Crippen molar-refractivity contribution in [1.29, 1.82) is 0 Å². The molecule has 2 aliphatic heterocycles. The van der Waals surface area contributed by atoms with Crippen LogP contribution >= 0.6 is 0 Å². The molecule has 5 rings (SSSR count). The molecule has 2 unspecified atom stereocenters. The molecular weight excluding hydrogens is 298 g/mol. The van der Waals surface area contributed by atoms with Gasteiger partial charge in [-0.15, -0.1) is 0 Å². The molecule has 4 heterocycles. The lowest BCUT2D eigenvalue weighted by Crippen LogP contribution is -2.29. The van der Waals surface area contributed by atoms with Gasteiger partial charge in [-0.3, -0.25) is 0 Å². The molecule has 0 N–H and O–H groups in total. The average molecular weight is 321 g/mol. The molecule has 1 aliphatic carbocycles. The maximum atomic E-state index is 4.56. The summed E-state index contributed by atoms with van der Waals surface area (Å²) in [5.41, 5.74) is 1.25. The first-order valence-corrected chi connectivity index (χ1v) is 9.10. The van der Waals surface area contributed by atoms with Gasteiger partial charge in [-0.05, 0) is 25.0 Å². The molecule has 2 aromatic heterocycles. The Morgan fingerprint density at radius 3 is 2.21 bits per heavy atom. The van der Waals surface area contributed by atoms with Crippen LogP contribution in [0.15, 0.2) is 36.8 Å². The van der Waals surface area contributed by atoms with Crippen LogP contribution in [-0.4, -0.2) is 41.1 Å². The average Bonchev–Trinajstić information content (AvgIpc) is 3.13. The number of fused-ring (bicyclic) bond motifs is 1. The molecule has 0 radical (unpaired) electrons. The molecule has 0 aromatic carbocycles. The highest BCUT2D eigenvalue weighted by molar-refractivity contribution is 5.45. The van der Waals surface area contributed by atoms with Crippen molar-refractivity contribution < 1.29 is 0 Å². The predicted octanol–water partition coefficient (Wildman–Crippen LogP) is 2.71. The maximum absolute atomic E-state index is 4.56. The Hall–Kier alpha value is -2.17. The highest BCUT2D eigenvalue weighted by Gasteiger charge is 2.41. The van der Waals surface area contributed by atoms with Crippen LogP contribution in [-0.2, 0) is 0 Å². The van der Waals surface area contributed by atoms with E-state index in [0.717, 1.165) is 37.8 Å². The fourth-order valence-corrected chi connectivity index (χ4v) is 4.37. The lowest BCUT2D eigenvalue weighted by molar-refractivity contribution is 0.410. The Kier molecular flexibility index (Phi) is 3.39. The summed E-state index contributed by atoms with van der Waals surface area (Å²) in [5, 5.41) is 0. The fourth-order valence-electron chi connectivity index (χ4n) is 4.37. The van der Waals surface area contributed by atoms with Gasteiger partial charge in [-0.25, -0.2) is 15.0 Å². The predicted molar refractivity (Wildman–Crippen MR) is 94.3 cm³/mol. The number of hydrogen-bond donors (Lipinski definition) is 0. The normalized spacial score (nSPS) is 26.5. The summed E-state index contributed by atoms with van der Waals surface area (Å²) in [5.74, 6) is 4.36. The summed E-state index contributed by atoms with van der Waals surface area (Å²) in [6, 6.07) is 8.41. The molecule has 124 valence electrons. The molecule has 5 heteroatoms. The minimum Gasteiger partial charge on any atom is -0.356 e. The van der Waals surface area contributed by atoms with Crippen molar-refractivity contribution in [3.8, 4) is 0 Å². The molecule has 2 saturated heterocycles. The van der Waals surface area contributed by atoms with E-state index in [2.05, 4.69) is 43.0 Å². The SMILES string of the molecule is c1ccc(N2CC3CN(c4cc(C5CCC5)ncn4)CC3C2)nc1. The van der Waals surface area contributed by atoms with Gasteiger partial charge >= 0.3 is 0 Å². The fraction of sp³-hybridized carbons (Fsp3) is 0.526. The zero-order valence-corrected chi connectivity index (χ0v) is 13.9. The van der Waals surface area contributed by atoms with Crippen LogP contribution in [0.3, 0.4) is 0 Å². The Morgan fingerprint density at radius 1 is 0.833 bits per heavy atom. The topological polar surface area (TPSA) is 45.2 Å². The van der Waals surface area contributed by atoms with Crippen molar-refractivity contribution in [2.24, 2.45) is 11.8 Å². The third-order valence-electron chi connectivity index (χ3n) is 5.98. The van der Waals surface area contributed by atoms with E-state index in [4.69, 9.17) is 0 Å². The lowest BCUT2D eigenvalue weighted by atomic mass is 9.83. The molecule has 3 aliphatic rings. The molecule has 5 nitrogen and oxygen atoms in total. The van der Waals surface area contributed by atoms with Crippen molar-refractivity contribution in [1.82, 2.24) is 15.0 Å². The Labute approximate surface area is 142 Å². The number of nitrogens with zero attached hydrogens (tertiary/aromatic N) is 5. The van der Waals surface area contributed by atoms with E-state index in [0.29, 0.717) is 17.8 Å². The molecule has 0 spiro atoms. The second kappa shape index (κ2) is 5.72. The van der Waals surface area contributed by atoms with Gasteiger partial charge in [0.15, 0.2) is 0 Å². The summed E-state index contributed by atoms with van der Waals surface area (Å²) in [4.78, 5) is 18.5. The standard InChI is InChI=1S/C19H23N5/c1-2-7-20-18(6-1)23-9-15-11-24(12-16(15)10-23)19-8-17(21-13-22-19)14-4-3-5-14/h1-2,6-8,13-16H,3-5,9-12H2. The van der Waals surface area contributed by atoms with E-state index in [1.165, 1.54) is 25.0 Å². The Morgan fingerprint density at radius 2 is 1.58 bits per heavy atom. The molecule has 0 amide bonds. The van der Waals surface area contributed by atoms with Crippen molar-refractivity contribution in [3.63, 3.8) is 0 Å². The Bertz CT molecular complexity index is 701. The van der Waals surface area contributed by atoms with E-state index in [1.54, 1.807) is 6.33 Å². The monoisotopic (exact) mass is 321 g/mol. The second-order valence-corrected chi connectivity index (χ2v) is 7.45. The van der Waals surface area contributed by atoms with Crippen LogP contribution in [0.2, 0.25) is 0 Å². The zero-order valence-electron chi connectivity index (χ0n) is 13.9. The summed E-state index contributed by atoms with van der Waals surface area (Å²) in [7, 11) is 0. The highest BCUT2D eigenvalue weighted by atomic mass is 15.3. The van der Waals surface area contributed by atoms with Gasteiger partial charge in [0.1, 0.15) is 18.0 Å². The number of rotatable bonds is 3. The van der Waals surface area contributed by atoms with Gasteiger partial charge in [0.05, 0.1) is 0 Å². The van der Waals surface area contributed by atoms with Gasteiger partial charge in [0.25, 0.3) is 0 Å². The molecular formula is C19H23N5. The minimum atomic E-state index is 0.675. The van der Waals surface area contributed by atoms with Crippen LogP contribution in [0.1, 0.15) is 30.9 Å². The molecule has 24 heavy (non-hydrogen) atoms. The van der Waals surface area contributed by atoms with Gasteiger partial charge in [0.2, 0.25) is 0 Å². The molecule has 2 aromatic rings. The third kappa shape index (κ3) is 2.43. The number of aromatic nitrogens is 3. The molecule has 2 atom stereocenters. The van der Waals surface area contributed by atoms with E-state index >= 15 is 0 Å². The van der Waals surface area contributed by atoms with Crippen molar-refractivity contribution in [2.75, 3.05) is 36.0 Å². The van der Waals surface area contributed by atoms with Crippen LogP contribution in [0.25, 0.3) is 0 Å². The first-order chi connectivity index (χ1) is 11.9. The first kappa shape index (κ1) is 14.2. The third-order valence-corrected chi connectivity index (χ3v) is 5.98. The quantitative estimate of drug-likeness (QED) is 0.870. The highest BCUT2D eigenvalue weighted by Crippen LogP contribution is 2.38. The number of pyridine rings is 1. The van der Waals surface area contributed by atoms with E-state index < -0.39 is 0 Å². The summed E-state index contributed by atoms with van der Waals surface area (Å²) in [6.07, 6.45) is 7.58. The summed E-state index contributed by atoms with van der Waals surface area (Å²) in [6.45, 7) is 4.43. The van der Waals surface area contributed by atoms with Crippen LogP contribution in [0.5, 0.6) is 0 Å². The van der Waals surface area contributed by atoms with Crippen LogP contribution in [0, 0.1) is 11.8 Å². The van der Waals surface area contributed by atoms with Gasteiger partial charge in [-0.1, -0.05) is 12.5 Å².